The maximum absolute atomic E-state index is 14.2. The molecule has 2 fully saturated rings. The van der Waals surface area contributed by atoms with E-state index in [2.05, 4.69) is 108 Å². The van der Waals surface area contributed by atoms with Gasteiger partial charge in [-0.3, -0.25) is 4.90 Å². The number of hydrogen-bond acceptors (Lipinski definition) is 5. The van der Waals surface area contributed by atoms with Crippen molar-refractivity contribution in [2.24, 2.45) is 17.8 Å². The number of hydrogen-bond donors (Lipinski definition) is 0. The summed E-state index contributed by atoms with van der Waals surface area (Å²) in [6.07, 6.45) is 2.41. The van der Waals surface area contributed by atoms with E-state index in [1.165, 1.54) is 18.1 Å². The van der Waals surface area contributed by atoms with Crippen molar-refractivity contribution < 1.29 is 23.1 Å². The van der Waals surface area contributed by atoms with Crippen LogP contribution in [-0.4, -0.2) is 66.3 Å². The normalized spacial score (nSPS) is 25.5. The van der Waals surface area contributed by atoms with Crippen LogP contribution in [0, 0.1) is 29.2 Å². The Hall–Kier alpha value is -1.42. The highest BCUT2D eigenvalue weighted by Crippen LogP contribution is 2.50. The summed E-state index contributed by atoms with van der Waals surface area (Å²) in [5.74, 6) is 4.48. The molecule has 2 saturated heterocycles. The Morgan fingerprint density at radius 3 is 2.12 bits per heavy atom. The average Bonchev–Trinajstić information content (AvgIpc) is 3.49. The van der Waals surface area contributed by atoms with Gasteiger partial charge in [0, 0.05) is 25.3 Å². The molecule has 6 nitrogen and oxygen atoms in total. The van der Waals surface area contributed by atoms with Crippen LogP contribution < -0.4 is 0 Å². The van der Waals surface area contributed by atoms with Crippen molar-refractivity contribution in [2.45, 2.75) is 194 Å². The van der Waals surface area contributed by atoms with Gasteiger partial charge in [0.2, 0.25) is 0 Å². The zero-order chi connectivity index (χ0) is 39.0. The fraction of sp³-hybridized carbons (Fsp3) is 0.791. The maximum Gasteiger partial charge on any atom is 0.412 e. The highest BCUT2D eigenvalue weighted by atomic mass is 28.4. The second-order valence-corrected chi connectivity index (χ2v) is 32.4. The fourth-order valence-corrected chi connectivity index (χ4v) is 15.0. The average molecular weight is 772 g/mol. The van der Waals surface area contributed by atoms with E-state index in [4.69, 9.17) is 18.3 Å². The number of nitrogens with zero attached hydrogens (tertiary/aromatic N) is 1. The largest absolute Gasteiger partial charge is 0.444 e. The van der Waals surface area contributed by atoms with E-state index in [1.807, 2.05) is 35.2 Å². The molecule has 0 unspecified atom stereocenters. The molecule has 2 aliphatic rings. The third-order valence-electron chi connectivity index (χ3n) is 13.5. The van der Waals surface area contributed by atoms with Gasteiger partial charge in [0.1, 0.15) is 20.8 Å². The Labute approximate surface area is 323 Å². The molecule has 0 N–H and O–H groups in total. The minimum atomic E-state index is -2.23. The predicted molar refractivity (Wildman–Crippen MR) is 226 cm³/mol. The molecule has 1 spiro atoms. The molecule has 0 bridgehead atoms. The first kappa shape index (κ1) is 45.0. The number of likely N-dealkylation sites (tertiary alicyclic amines) is 1. The van der Waals surface area contributed by atoms with Crippen molar-refractivity contribution in [1.82, 2.24) is 4.90 Å². The lowest BCUT2D eigenvalue weighted by Crippen LogP contribution is -2.61. The third kappa shape index (κ3) is 10.7. The predicted octanol–water partition coefficient (Wildman–Crippen LogP) is 12.0. The van der Waals surface area contributed by atoms with Crippen molar-refractivity contribution >= 4 is 30.8 Å². The molecule has 2 heterocycles. The Balaban J connectivity index is 2.09. The van der Waals surface area contributed by atoms with Crippen LogP contribution in [0.2, 0.25) is 54.4 Å². The van der Waals surface area contributed by atoms with Crippen molar-refractivity contribution in [3.63, 3.8) is 0 Å². The van der Waals surface area contributed by atoms with E-state index >= 15 is 0 Å². The van der Waals surface area contributed by atoms with Crippen molar-refractivity contribution in [2.75, 3.05) is 6.54 Å². The van der Waals surface area contributed by atoms with Crippen LogP contribution in [-0.2, 0) is 24.9 Å². The first-order valence-corrected chi connectivity index (χ1v) is 29.0. The first-order valence-electron chi connectivity index (χ1n) is 20.9. The molecule has 0 aliphatic carbocycles. The van der Waals surface area contributed by atoms with Crippen LogP contribution in [0.25, 0.3) is 0 Å². The van der Waals surface area contributed by atoms with Gasteiger partial charge < -0.3 is 18.3 Å². The molecule has 1 aromatic rings. The third-order valence-corrected chi connectivity index (χ3v) is 27.5. The molecule has 3 rings (SSSR count). The number of carbonyl (C=O) groups excluding carboxylic acids is 1. The molecular formula is C43H77NO5Si3. The second-order valence-electron chi connectivity index (χ2n) is 18.0. The summed E-state index contributed by atoms with van der Waals surface area (Å²) in [5, 5.41) is 0.0329. The summed E-state index contributed by atoms with van der Waals surface area (Å²) in [4.78, 5) is 16.2. The quantitative estimate of drug-likeness (QED) is 0.124. The summed E-state index contributed by atoms with van der Waals surface area (Å²) in [6.45, 7) is 33.2. The fourth-order valence-electron chi connectivity index (χ4n) is 8.33. The standard InChI is InChI=1S/C43H77NO5Si3/c1-15-51(16-2,17-3)28-24-25-34(7)30-38(48-50(13,14)42(10,11)12)40-39(49-52(18-4,19-5)20-6)31-43(47-40)36(9)29-35(8)32-44(43)41(45)46-33-37-26-22-21-23-27-37/h21-23,26-27,34-36,38-40H,15-20,25,29-33H2,1-14H3/t34-,35-,36+,38-,39-,40-,43+/m1/s1. The SMILES string of the molecule is CC[Si](C#CC[C@@H](C)C[C@@H](O[Si](C)(C)C(C)(C)C)[C@H]1O[C@@]2(C[C@H]1O[Si](CC)(CC)CC)[C@@H](C)C[C@@H](C)CN2C(=O)OCc1ccccc1)(CC)CC. The van der Waals surface area contributed by atoms with E-state index in [-0.39, 0.29) is 42.0 Å². The lowest BCUT2D eigenvalue weighted by Gasteiger charge is -2.50. The van der Waals surface area contributed by atoms with Gasteiger partial charge in [-0.15, -0.1) is 11.5 Å². The molecule has 7 atom stereocenters. The van der Waals surface area contributed by atoms with Gasteiger partial charge in [0.25, 0.3) is 0 Å². The number of ether oxygens (including phenoxy) is 2. The number of benzene rings is 1. The Bertz CT molecular complexity index is 1300. The number of rotatable bonds is 16. The topological polar surface area (TPSA) is 57.2 Å². The Morgan fingerprint density at radius 1 is 0.981 bits per heavy atom. The van der Waals surface area contributed by atoms with Crippen molar-refractivity contribution in [3.05, 3.63) is 35.9 Å². The van der Waals surface area contributed by atoms with E-state index in [1.54, 1.807) is 0 Å². The highest BCUT2D eigenvalue weighted by molar-refractivity contribution is 6.87. The number of amides is 1. The molecule has 0 aromatic heterocycles. The van der Waals surface area contributed by atoms with E-state index in [0.29, 0.717) is 24.8 Å². The lowest BCUT2D eigenvalue weighted by molar-refractivity contribution is -0.205. The zero-order valence-electron chi connectivity index (χ0n) is 35.8. The molecule has 2 aliphatic heterocycles. The summed E-state index contributed by atoms with van der Waals surface area (Å²) in [7, 11) is -5.82. The number of piperidine rings is 1. The van der Waals surface area contributed by atoms with Gasteiger partial charge in [0.15, 0.2) is 22.4 Å². The van der Waals surface area contributed by atoms with Crippen LogP contribution >= 0.6 is 0 Å². The zero-order valence-corrected chi connectivity index (χ0v) is 38.8. The molecule has 52 heavy (non-hydrogen) atoms. The van der Waals surface area contributed by atoms with Crippen LogP contribution in [0.15, 0.2) is 30.3 Å². The van der Waals surface area contributed by atoms with Gasteiger partial charge in [-0.25, -0.2) is 4.79 Å². The van der Waals surface area contributed by atoms with Gasteiger partial charge in [0.05, 0.1) is 12.2 Å². The highest BCUT2D eigenvalue weighted by Gasteiger charge is 2.61. The molecule has 9 heteroatoms. The monoisotopic (exact) mass is 772 g/mol. The Kier molecular flexibility index (Phi) is 16.4. The molecule has 0 radical (unpaired) electrons. The number of carbonyl (C=O) groups is 1. The van der Waals surface area contributed by atoms with Gasteiger partial charge in [-0.2, -0.15) is 0 Å². The van der Waals surface area contributed by atoms with Crippen molar-refractivity contribution in [3.8, 4) is 11.5 Å². The molecular weight excluding hydrogens is 695 g/mol. The smallest absolute Gasteiger partial charge is 0.412 e. The minimum absolute atomic E-state index is 0.0329. The summed E-state index contributed by atoms with van der Waals surface area (Å²) >= 11 is 0. The minimum Gasteiger partial charge on any atom is -0.444 e. The van der Waals surface area contributed by atoms with E-state index in [9.17, 15) is 4.79 Å². The summed E-state index contributed by atoms with van der Waals surface area (Å²) < 4.78 is 28.6. The molecule has 0 saturated carbocycles. The maximum atomic E-state index is 14.2. The Morgan fingerprint density at radius 2 is 1.58 bits per heavy atom. The van der Waals surface area contributed by atoms with Gasteiger partial charge in [-0.1, -0.05) is 113 Å². The molecule has 296 valence electrons. The van der Waals surface area contributed by atoms with Crippen LogP contribution in [0.1, 0.15) is 114 Å². The van der Waals surface area contributed by atoms with Crippen LogP contribution in [0.3, 0.4) is 0 Å². The lowest BCUT2D eigenvalue weighted by atomic mass is 9.80. The molecule has 1 amide bonds. The van der Waals surface area contributed by atoms with Crippen LogP contribution in [0.5, 0.6) is 0 Å². The van der Waals surface area contributed by atoms with Crippen LogP contribution in [0.4, 0.5) is 4.79 Å². The summed E-state index contributed by atoms with van der Waals surface area (Å²) in [5.41, 5.74) is 4.00. The van der Waals surface area contributed by atoms with Crippen molar-refractivity contribution in [1.29, 1.82) is 0 Å². The van der Waals surface area contributed by atoms with Gasteiger partial charge >= 0.3 is 6.09 Å². The first-order chi connectivity index (χ1) is 24.4. The second kappa shape index (κ2) is 18.9. The van der Waals surface area contributed by atoms with E-state index in [0.717, 1.165) is 43.0 Å². The molecule has 1 aromatic carbocycles. The van der Waals surface area contributed by atoms with Gasteiger partial charge in [-0.05, 0) is 84.6 Å². The summed E-state index contributed by atoms with van der Waals surface area (Å²) in [6, 6.07) is 16.8. The van der Waals surface area contributed by atoms with E-state index < -0.39 is 30.4 Å².